The van der Waals surface area contributed by atoms with E-state index in [-0.39, 0.29) is 23.9 Å². The number of ether oxygens (including phenoxy) is 2. The number of fused-ring (bicyclic) bond motifs is 2. The molecule has 1 fully saturated rings. The number of aryl methyl sites for hydroxylation is 2. The van der Waals surface area contributed by atoms with E-state index in [2.05, 4.69) is 22.0 Å². The third kappa shape index (κ3) is 5.54. The summed E-state index contributed by atoms with van der Waals surface area (Å²) in [4.78, 5) is 38.4. The number of nitrogens with zero attached hydrogens (tertiary/aromatic N) is 5. The highest BCUT2D eigenvalue weighted by atomic mass is 16.5. The van der Waals surface area contributed by atoms with Gasteiger partial charge in [0.25, 0.3) is 11.8 Å². The lowest BCUT2D eigenvalue weighted by atomic mass is 10.0. The average molecular weight is 602 g/mol. The zero-order chi connectivity index (χ0) is 31.2. The first-order chi connectivity index (χ1) is 21.1. The fraction of sp³-hybridized carbons (Fsp3) is 0.515. The predicted octanol–water partition coefficient (Wildman–Crippen LogP) is 4.32. The van der Waals surface area contributed by atoms with Crippen molar-refractivity contribution >= 4 is 33.9 Å². The highest BCUT2D eigenvalue weighted by molar-refractivity contribution is 6.00. The van der Waals surface area contributed by atoms with Crippen molar-refractivity contribution in [3.8, 4) is 17.3 Å². The average Bonchev–Trinajstić information content (AvgIpc) is 3.53. The first-order valence-corrected chi connectivity index (χ1v) is 15.6. The number of hydrogen-bond donors (Lipinski definition) is 2. The van der Waals surface area contributed by atoms with Crippen LogP contribution in [0.1, 0.15) is 75.0 Å². The van der Waals surface area contributed by atoms with Crippen molar-refractivity contribution in [3.05, 3.63) is 41.6 Å². The van der Waals surface area contributed by atoms with Crippen molar-refractivity contribution in [1.29, 1.82) is 0 Å². The first-order valence-electron chi connectivity index (χ1n) is 15.6. The van der Waals surface area contributed by atoms with Gasteiger partial charge in [-0.05, 0) is 83.2 Å². The number of carbonyl (C=O) groups excluding carboxylic acids is 2. The Morgan fingerprint density at radius 2 is 1.93 bits per heavy atom. The number of benzene rings is 1. The van der Waals surface area contributed by atoms with E-state index in [0.717, 1.165) is 72.4 Å². The lowest BCUT2D eigenvalue weighted by Crippen LogP contribution is -2.45. The lowest BCUT2D eigenvalue weighted by molar-refractivity contribution is -0.143. The van der Waals surface area contributed by atoms with Crippen LogP contribution < -0.4 is 15.8 Å². The summed E-state index contributed by atoms with van der Waals surface area (Å²) in [5.74, 6) is 1.14. The minimum Gasteiger partial charge on any atom is -0.494 e. The molecule has 5 heterocycles. The van der Waals surface area contributed by atoms with Gasteiger partial charge in [0, 0.05) is 50.3 Å². The summed E-state index contributed by atoms with van der Waals surface area (Å²) in [6, 6.07) is 9.50. The largest absolute Gasteiger partial charge is 0.494 e. The van der Waals surface area contributed by atoms with Crippen LogP contribution in [-0.2, 0) is 23.1 Å². The molecule has 44 heavy (non-hydrogen) atoms. The Morgan fingerprint density at radius 1 is 1.11 bits per heavy atom. The number of methoxy groups -OCH3 is 1. The minimum atomic E-state index is -0.914. The Hall–Kier alpha value is -3.96. The molecular weight excluding hydrogens is 558 g/mol. The van der Waals surface area contributed by atoms with Crippen LogP contribution in [0, 0.1) is 0 Å². The Kier molecular flexibility index (Phi) is 8.10. The Balaban J connectivity index is 1.43. The van der Waals surface area contributed by atoms with Crippen LogP contribution in [0.3, 0.4) is 0 Å². The van der Waals surface area contributed by atoms with Crippen LogP contribution in [0.4, 0.5) is 0 Å². The van der Waals surface area contributed by atoms with Crippen LogP contribution in [-0.4, -0.2) is 74.3 Å². The summed E-state index contributed by atoms with van der Waals surface area (Å²) in [5.41, 5.74) is 9.86. The Bertz CT molecular complexity index is 1720. The summed E-state index contributed by atoms with van der Waals surface area (Å²) in [6.07, 6.45) is 4.53. The second-order valence-electron chi connectivity index (χ2n) is 12.6. The molecule has 0 aliphatic carbocycles. The third-order valence-electron chi connectivity index (χ3n) is 8.97. The summed E-state index contributed by atoms with van der Waals surface area (Å²) < 4.78 is 16.0. The monoisotopic (exact) mass is 601 g/mol. The molecule has 3 aromatic heterocycles. The molecular formula is C33H43N7O4. The molecule has 1 saturated heterocycles. The van der Waals surface area contributed by atoms with Gasteiger partial charge in [-0.1, -0.05) is 0 Å². The van der Waals surface area contributed by atoms with Crippen LogP contribution in [0.5, 0.6) is 5.75 Å². The number of imidazole rings is 1. The fourth-order valence-electron chi connectivity index (χ4n) is 6.38. The fourth-order valence-corrected chi connectivity index (χ4v) is 6.38. The van der Waals surface area contributed by atoms with Gasteiger partial charge in [0.05, 0.1) is 30.1 Å². The molecule has 234 valence electrons. The molecule has 0 unspecified atom stereocenters. The second kappa shape index (κ2) is 11.9. The molecule has 11 heteroatoms. The molecule has 0 radical (unpaired) electrons. The number of pyridine rings is 1. The number of piperidine rings is 1. The maximum atomic E-state index is 13.5. The van der Waals surface area contributed by atoms with Crippen LogP contribution in [0.25, 0.3) is 33.6 Å². The van der Waals surface area contributed by atoms with Crippen LogP contribution >= 0.6 is 0 Å². The zero-order valence-electron chi connectivity index (χ0n) is 26.4. The Labute approximate surface area is 257 Å². The smallest absolute Gasteiger partial charge is 0.254 e. The minimum absolute atomic E-state index is 0.00251. The summed E-state index contributed by atoms with van der Waals surface area (Å²) in [7, 11) is 3.59. The van der Waals surface area contributed by atoms with Gasteiger partial charge in [-0.3, -0.25) is 9.59 Å². The molecule has 2 atom stereocenters. The quantitative estimate of drug-likeness (QED) is 0.358. The van der Waals surface area contributed by atoms with Gasteiger partial charge < -0.3 is 34.6 Å². The van der Waals surface area contributed by atoms with Crippen LogP contribution in [0.15, 0.2) is 30.3 Å². The van der Waals surface area contributed by atoms with E-state index in [4.69, 9.17) is 25.2 Å². The number of nitrogens with one attached hydrogen (secondary N) is 1. The molecule has 2 aliphatic rings. The lowest BCUT2D eigenvalue weighted by Gasteiger charge is -2.30. The molecule has 2 bridgehead atoms. The first kappa shape index (κ1) is 30.1. The standard InChI is InChI=1S/C33H43N7O4/c1-20-24-12-11-21-17-26(40(29(21)36-24)14-7-6-8-15-44-33(2,3)32(42)35-20)30-37-25-16-22(18-27(43-5)28(25)38(30)4)31(41)39-13-9-10-23(34)19-39/h11-12,16-18,20,23H,6-10,13-15,19,34H2,1-5H3,(H,35,42)/t20-,23-/m1/s1. The van der Waals surface area contributed by atoms with E-state index in [0.29, 0.717) is 36.5 Å². The van der Waals surface area contributed by atoms with Gasteiger partial charge in [-0.2, -0.15) is 0 Å². The maximum absolute atomic E-state index is 13.5. The van der Waals surface area contributed by atoms with E-state index in [1.807, 2.05) is 55.5 Å². The number of hydrogen-bond acceptors (Lipinski definition) is 7. The molecule has 0 spiro atoms. The van der Waals surface area contributed by atoms with Gasteiger partial charge in [0.2, 0.25) is 0 Å². The maximum Gasteiger partial charge on any atom is 0.254 e. The molecule has 3 N–H and O–H groups in total. The number of amides is 2. The number of likely N-dealkylation sites (tertiary alicyclic amines) is 1. The highest BCUT2D eigenvalue weighted by Crippen LogP contribution is 2.35. The third-order valence-corrected chi connectivity index (χ3v) is 8.97. The second-order valence-corrected chi connectivity index (χ2v) is 12.6. The Morgan fingerprint density at radius 3 is 2.70 bits per heavy atom. The van der Waals surface area contributed by atoms with Crippen molar-refractivity contribution in [3.63, 3.8) is 0 Å². The van der Waals surface area contributed by atoms with Gasteiger partial charge in [-0.15, -0.1) is 0 Å². The summed E-state index contributed by atoms with van der Waals surface area (Å²) in [6.45, 7) is 8.07. The normalized spacial score (nSPS) is 21.4. The highest BCUT2D eigenvalue weighted by Gasteiger charge is 2.30. The van der Waals surface area contributed by atoms with E-state index in [1.54, 1.807) is 7.11 Å². The van der Waals surface area contributed by atoms with Gasteiger partial charge in [0.15, 0.2) is 5.82 Å². The van der Waals surface area contributed by atoms with Crippen LogP contribution in [0.2, 0.25) is 0 Å². The number of rotatable bonds is 3. The van der Waals surface area contributed by atoms with Crippen molar-refractivity contribution in [2.45, 2.75) is 77.1 Å². The number of aromatic nitrogens is 4. The van der Waals surface area contributed by atoms with E-state index in [9.17, 15) is 9.59 Å². The van der Waals surface area contributed by atoms with Gasteiger partial charge in [-0.25, -0.2) is 9.97 Å². The van der Waals surface area contributed by atoms with E-state index < -0.39 is 5.60 Å². The molecule has 2 amide bonds. The SMILES string of the molecule is COc1cc(C(=O)N2CCC[C@@H](N)C2)cc2nc(-c3cc4ccc5nc4n3CCCCCOC(C)(C)C(=O)N[C@@H]5C)n(C)c12. The van der Waals surface area contributed by atoms with Crippen molar-refractivity contribution in [2.75, 3.05) is 26.8 Å². The summed E-state index contributed by atoms with van der Waals surface area (Å²) in [5, 5.41) is 4.07. The van der Waals surface area contributed by atoms with Crippen molar-refractivity contribution < 1.29 is 19.1 Å². The van der Waals surface area contributed by atoms with Gasteiger partial charge >= 0.3 is 0 Å². The van der Waals surface area contributed by atoms with E-state index >= 15 is 0 Å². The summed E-state index contributed by atoms with van der Waals surface area (Å²) >= 11 is 0. The molecule has 1 aromatic carbocycles. The van der Waals surface area contributed by atoms with Crippen molar-refractivity contribution in [1.82, 2.24) is 29.3 Å². The zero-order valence-corrected chi connectivity index (χ0v) is 26.4. The molecule has 4 aromatic rings. The number of nitrogens with two attached hydrogens (primary N) is 1. The molecule has 2 aliphatic heterocycles. The topological polar surface area (TPSA) is 130 Å². The molecule has 11 nitrogen and oxygen atoms in total. The number of carbonyl (C=O) groups is 2. The van der Waals surface area contributed by atoms with E-state index in [1.165, 1.54) is 0 Å². The molecule has 0 saturated carbocycles. The van der Waals surface area contributed by atoms with Crippen molar-refractivity contribution in [2.24, 2.45) is 12.8 Å². The van der Waals surface area contributed by atoms with Gasteiger partial charge in [0.1, 0.15) is 22.5 Å². The molecule has 6 rings (SSSR count). The predicted molar refractivity (Wildman–Crippen MR) is 170 cm³/mol.